The van der Waals surface area contributed by atoms with Gasteiger partial charge in [0.15, 0.2) is 0 Å². The fourth-order valence-electron chi connectivity index (χ4n) is 1.68. The molecule has 0 aromatic carbocycles. The molecule has 0 atom stereocenters. The summed E-state index contributed by atoms with van der Waals surface area (Å²) in [5.74, 6) is 0.424. The van der Waals surface area contributed by atoms with Crippen LogP contribution in [0.5, 0.6) is 0 Å². The second kappa shape index (κ2) is 6.58. The molecule has 7 heteroatoms. The second-order valence-corrected chi connectivity index (χ2v) is 4.49. The molecule has 19 heavy (non-hydrogen) atoms. The number of aromatic nitrogens is 2. The third kappa shape index (κ3) is 5.76. The Bertz CT molecular complexity index is 415. The summed E-state index contributed by atoms with van der Waals surface area (Å²) >= 11 is 0. The molecule has 1 aromatic rings. The average molecular weight is 277 g/mol. The van der Waals surface area contributed by atoms with Crippen LogP contribution in [0.1, 0.15) is 25.1 Å². The number of imidazole rings is 1. The van der Waals surface area contributed by atoms with Crippen LogP contribution in [0.4, 0.5) is 13.2 Å². The van der Waals surface area contributed by atoms with E-state index in [9.17, 15) is 18.0 Å². The summed E-state index contributed by atoms with van der Waals surface area (Å²) in [5, 5.41) is 0. The lowest BCUT2D eigenvalue weighted by atomic mass is 10.2. The number of hydrogen-bond acceptors (Lipinski definition) is 2. The van der Waals surface area contributed by atoms with Crippen LogP contribution >= 0.6 is 0 Å². The highest BCUT2D eigenvalue weighted by atomic mass is 19.4. The molecule has 0 saturated heterocycles. The Hall–Kier alpha value is -1.53. The number of hydrogen-bond donors (Lipinski definition) is 0. The maximum Gasteiger partial charge on any atom is 0.389 e. The summed E-state index contributed by atoms with van der Waals surface area (Å²) in [6.07, 6.45) is -0.929. The standard InChI is InChI=1S/C12H18F3N3O/c1-17-9-7-16-10(17)4-3-8-18(2)11(19)5-6-12(13,14)15/h7,9H,3-6,8H2,1-2H3. The highest BCUT2D eigenvalue weighted by Crippen LogP contribution is 2.21. The number of carbonyl (C=O) groups excluding carboxylic acids is 1. The summed E-state index contributed by atoms with van der Waals surface area (Å²) in [6, 6.07) is 0. The van der Waals surface area contributed by atoms with E-state index < -0.39 is 24.9 Å². The van der Waals surface area contributed by atoms with E-state index >= 15 is 0 Å². The highest BCUT2D eigenvalue weighted by Gasteiger charge is 2.28. The number of alkyl halides is 3. The normalized spacial score (nSPS) is 11.6. The van der Waals surface area contributed by atoms with Crippen LogP contribution < -0.4 is 0 Å². The molecule has 0 bridgehead atoms. The molecule has 0 N–H and O–H groups in total. The number of nitrogens with zero attached hydrogens (tertiary/aromatic N) is 3. The van der Waals surface area contributed by atoms with Crippen LogP contribution in [0.15, 0.2) is 12.4 Å². The van der Waals surface area contributed by atoms with Gasteiger partial charge in [-0.2, -0.15) is 13.2 Å². The number of carbonyl (C=O) groups is 1. The van der Waals surface area contributed by atoms with Crippen molar-refractivity contribution in [1.82, 2.24) is 14.5 Å². The van der Waals surface area contributed by atoms with Crippen molar-refractivity contribution in [3.8, 4) is 0 Å². The van der Waals surface area contributed by atoms with Crippen LogP contribution in [0.25, 0.3) is 0 Å². The number of amides is 1. The summed E-state index contributed by atoms with van der Waals surface area (Å²) in [5.41, 5.74) is 0. The molecule has 1 rings (SSSR count). The van der Waals surface area contributed by atoms with E-state index in [2.05, 4.69) is 4.98 Å². The Balaban J connectivity index is 2.25. The molecule has 0 spiro atoms. The van der Waals surface area contributed by atoms with Gasteiger partial charge in [0.2, 0.25) is 5.91 Å². The second-order valence-electron chi connectivity index (χ2n) is 4.49. The molecule has 1 heterocycles. The number of rotatable bonds is 6. The summed E-state index contributed by atoms with van der Waals surface area (Å²) < 4.78 is 37.8. The van der Waals surface area contributed by atoms with Crippen LogP contribution in [0, 0.1) is 0 Å². The van der Waals surface area contributed by atoms with Gasteiger partial charge < -0.3 is 9.47 Å². The van der Waals surface area contributed by atoms with Gasteiger partial charge in [0.05, 0.1) is 6.42 Å². The first-order valence-corrected chi connectivity index (χ1v) is 6.06. The topological polar surface area (TPSA) is 38.1 Å². The van der Waals surface area contributed by atoms with Gasteiger partial charge in [-0.05, 0) is 6.42 Å². The largest absolute Gasteiger partial charge is 0.389 e. The molecule has 0 saturated carbocycles. The van der Waals surface area contributed by atoms with E-state index in [0.29, 0.717) is 19.4 Å². The van der Waals surface area contributed by atoms with Gasteiger partial charge in [0.1, 0.15) is 5.82 Å². The first-order valence-electron chi connectivity index (χ1n) is 6.06. The Labute approximate surface area is 110 Å². The molecule has 0 aliphatic rings. The Morgan fingerprint density at radius 3 is 2.68 bits per heavy atom. The molecule has 0 aliphatic heterocycles. The first-order chi connectivity index (χ1) is 8.79. The van der Waals surface area contributed by atoms with Crippen molar-refractivity contribution < 1.29 is 18.0 Å². The Morgan fingerprint density at radius 2 is 2.16 bits per heavy atom. The quantitative estimate of drug-likeness (QED) is 0.799. The molecule has 1 aromatic heterocycles. The van der Waals surface area contributed by atoms with Crippen LogP contribution in [0.3, 0.4) is 0 Å². The minimum Gasteiger partial charge on any atom is -0.346 e. The molecular weight excluding hydrogens is 259 g/mol. The maximum atomic E-state index is 12.0. The van der Waals surface area contributed by atoms with Crippen molar-refractivity contribution in [1.29, 1.82) is 0 Å². The van der Waals surface area contributed by atoms with Gasteiger partial charge in [0, 0.05) is 45.9 Å². The number of halogens is 3. The van der Waals surface area contributed by atoms with Gasteiger partial charge in [-0.15, -0.1) is 0 Å². The fraction of sp³-hybridized carbons (Fsp3) is 0.667. The first kappa shape index (κ1) is 15.5. The lowest BCUT2D eigenvalue weighted by Gasteiger charge is -2.17. The van der Waals surface area contributed by atoms with E-state index in [1.807, 2.05) is 17.8 Å². The van der Waals surface area contributed by atoms with Crippen molar-refractivity contribution in [2.75, 3.05) is 13.6 Å². The van der Waals surface area contributed by atoms with E-state index in [-0.39, 0.29) is 0 Å². The van der Waals surface area contributed by atoms with Crippen molar-refractivity contribution in [2.45, 2.75) is 31.9 Å². The third-order valence-corrected chi connectivity index (χ3v) is 2.86. The molecule has 0 radical (unpaired) electrons. The predicted molar refractivity (Wildman–Crippen MR) is 64.5 cm³/mol. The van der Waals surface area contributed by atoms with E-state index in [4.69, 9.17) is 0 Å². The molecule has 0 aliphatic carbocycles. The zero-order valence-corrected chi connectivity index (χ0v) is 11.1. The van der Waals surface area contributed by atoms with Crippen molar-refractivity contribution in [3.63, 3.8) is 0 Å². The molecule has 0 fully saturated rings. The van der Waals surface area contributed by atoms with Gasteiger partial charge in [-0.25, -0.2) is 4.98 Å². The third-order valence-electron chi connectivity index (χ3n) is 2.86. The van der Waals surface area contributed by atoms with Crippen molar-refractivity contribution in [2.24, 2.45) is 7.05 Å². The summed E-state index contributed by atoms with van der Waals surface area (Å²) in [7, 11) is 3.40. The van der Waals surface area contributed by atoms with Crippen molar-refractivity contribution in [3.05, 3.63) is 18.2 Å². The maximum absolute atomic E-state index is 12.0. The molecule has 4 nitrogen and oxygen atoms in total. The number of aryl methyl sites for hydroxylation is 2. The zero-order valence-electron chi connectivity index (χ0n) is 11.1. The zero-order chi connectivity index (χ0) is 14.5. The Morgan fingerprint density at radius 1 is 1.47 bits per heavy atom. The average Bonchev–Trinajstić information content (AvgIpc) is 2.71. The van der Waals surface area contributed by atoms with Gasteiger partial charge in [-0.1, -0.05) is 0 Å². The van der Waals surface area contributed by atoms with Gasteiger partial charge in [0.25, 0.3) is 0 Å². The fourth-order valence-corrected chi connectivity index (χ4v) is 1.68. The highest BCUT2D eigenvalue weighted by molar-refractivity contribution is 5.75. The molecule has 108 valence electrons. The van der Waals surface area contributed by atoms with Crippen molar-refractivity contribution >= 4 is 5.91 Å². The molecular formula is C12H18F3N3O. The lowest BCUT2D eigenvalue weighted by Crippen LogP contribution is -2.29. The lowest BCUT2D eigenvalue weighted by molar-refractivity contribution is -0.148. The van der Waals surface area contributed by atoms with E-state index in [1.165, 1.54) is 11.9 Å². The van der Waals surface area contributed by atoms with Crippen LogP contribution in [0.2, 0.25) is 0 Å². The van der Waals surface area contributed by atoms with Gasteiger partial charge in [-0.3, -0.25) is 4.79 Å². The Kier molecular flexibility index (Phi) is 5.38. The minimum absolute atomic E-state index is 0.434. The van der Waals surface area contributed by atoms with E-state index in [1.54, 1.807) is 6.20 Å². The monoisotopic (exact) mass is 277 g/mol. The predicted octanol–water partition coefficient (Wildman–Crippen LogP) is 2.15. The SMILES string of the molecule is CN(CCCc1nccn1C)C(=O)CCC(F)(F)F. The van der Waals surface area contributed by atoms with Crippen LogP contribution in [-0.2, 0) is 18.3 Å². The van der Waals surface area contributed by atoms with E-state index in [0.717, 1.165) is 5.82 Å². The summed E-state index contributed by atoms with van der Waals surface area (Å²) in [6.45, 7) is 0.434. The van der Waals surface area contributed by atoms with Gasteiger partial charge >= 0.3 is 6.18 Å². The van der Waals surface area contributed by atoms with Crippen LogP contribution in [-0.4, -0.2) is 40.1 Å². The molecule has 0 unspecified atom stereocenters. The molecule has 1 amide bonds. The minimum atomic E-state index is -4.27. The smallest absolute Gasteiger partial charge is 0.346 e. The summed E-state index contributed by atoms with van der Waals surface area (Å²) in [4.78, 5) is 16.9.